The molecule has 13 nitrogen and oxygen atoms in total. The monoisotopic (exact) mass is 693 g/mol. The molecule has 243 valence electrons. The first-order valence-electron chi connectivity index (χ1n) is 13.5. The Balaban J connectivity index is 0.00000368. The largest absolute Gasteiger partial charge is 2.00 e. The molecule has 6 N–H and O–H groups in total. The zero-order valence-corrected chi connectivity index (χ0v) is 26.6. The minimum Gasteiger partial charge on any atom is -0.508 e. The van der Waals surface area contributed by atoms with Crippen LogP contribution in [0.25, 0.3) is 0 Å². The topological polar surface area (TPSA) is 213 Å². The number of rotatable bonds is 14. The summed E-state index contributed by atoms with van der Waals surface area (Å²) in [5.74, 6) is -1.76. The molecule has 2 aromatic heterocycles. The molecule has 0 aliphatic carbocycles. The van der Waals surface area contributed by atoms with Gasteiger partial charge in [0, 0.05) is 36.6 Å². The first kappa shape index (κ1) is 38.0. The number of benzene rings is 2. The molecule has 2 aromatic carbocycles. The quantitative estimate of drug-likeness (QED) is 0.111. The molecule has 0 saturated carbocycles. The first-order chi connectivity index (χ1) is 21.0. The van der Waals surface area contributed by atoms with Crippen molar-refractivity contribution in [3.05, 3.63) is 114 Å². The molecule has 1 unspecified atom stereocenters. The van der Waals surface area contributed by atoms with Crippen molar-refractivity contribution in [2.75, 3.05) is 26.2 Å². The summed E-state index contributed by atoms with van der Waals surface area (Å²) in [5, 5.41) is 31.6. The van der Waals surface area contributed by atoms with Crippen molar-refractivity contribution >= 4 is 21.9 Å². The van der Waals surface area contributed by atoms with Crippen LogP contribution in [0, 0.1) is 0 Å². The van der Waals surface area contributed by atoms with E-state index in [4.69, 9.17) is 0 Å². The second-order valence-corrected chi connectivity index (χ2v) is 11.5. The molecule has 0 fully saturated rings. The molecular formula is C31H34MnN4O9S+2. The number of carboxylic acids is 1. The second-order valence-electron chi connectivity index (χ2n) is 10.1. The van der Waals surface area contributed by atoms with E-state index in [0.29, 0.717) is 17.0 Å². The number of Topliss-reactive ketones (excluding diaryl/α,β-unsaturated/α-hetero) is 1. The van der Waals surface area contributed by atoms with Gasteiger partial charge in [0.15, 0.2) is 0 Å². The van der Waals surface area contributed by atoms with Crippen LogP contribution in [0.5, 0.6) is 11.5 Å². The van der Waals surface area contributed by atoms with E-state index in [0.717, 1.165) is 18.2 Å². The summed E-state index contributed by atoms with van der Waals surface area (Å²) in [7, 11) is -4.67. The molecule has 2 atom stereocenters. The third kappa shape index (κ3) is 9.64. The standard InChI is InChI=1S/C31H32N4O8S.Mn.H2O/c1-21(36)19-34(30(25-9-4-6-14-32-25)23-8-2-3-11-27(23)37)16-17-35(20-29(39)40)31(26-10-5-7-15-33-26)24-18-22(44(41,42)43)12-13-28(24)38;;/h2-15,18,30-31,37-38H,16-17,19-20H2,1H3,(H,39,40)(H,41,42,43);;1H2/q;+2;/t30-,31?;;/m0../s1. The number of phenolic OH excluding ortho intramolecular Hbond substituents is 2. The van der Waals surface area contributed by atoms with Crippen LogP contribution in [0.3, 0.4) is 0 Å². The van der Waals surface area contributed by atoms with E-state index >= 15 is 0 Å². The molecule has 0 amide bonds. The number of pyridine rings is 2. The average molecular weight is 694 g/mol. The van der Waals surface area contributed by atoms with Crippen molar-refractivity contribution in [2.24, 2.45) is 0 Å². The normalized spacial score (nSPS) is 12.5. The Morgan fingerprint density at radius 3 is 1.74 bits per heavy atom. The van der Waals surface area contributed by atoms with Crippen molar-refractivity contribution in [1.82, 2.24) is 19.8 Å². The fourth-order valence-electron chi connectivity index (χ4n) is 5.11. The summed E-state index contributed by atoms with van der Waals surface area (Å²) < 4.78 is 33.7. The van der Waals surface area contributed by atoms with Gasteiger partial charge in [0.25, 0.3) is 10.1 Å². The van der Waals surface area contributed by atoms with Gasteiger partial charge in [-0.3, -0.25) is 33.9 Å². The Morgan fingerprint density at radius 2 is 1.26 bits per heavy atom. The Hall–Kier alpha value is -4.21. The number of ketones is 1. The molecule has 1 radical (unpaired) electrons. The van der Waals surface area contributed by atoms with Crippen LogP contribution in [0.1, 0.15) is 41.5 Å². The third-order valence-electron chi connectivity index (χ3n) is 6.93. The maximum absolute atomic E-state index is 12.5. The van der Waals surface area contributed by atoms with Crippen LogP contribution in [0.2, 0.25) is 0 Å². The Bertz CT molecular complexity index is 1710. The fourth-order valence-corrected chi connectivity index (χ4v) is 5.62. The van der Waals surface area contributed by atoms with Crippen LogP contribution in [-0.4, -0.2) is 91.5 Å². The third-order valence-corrected chi connectivity index (χ3v) is 7.78. The number of hydrogen-bond acceptors (Lipinski definition) is 10. The van der Waals surface area contributed by atoms with Crippen LogP contribution < -0.4 is 0 Å². The Kier molecular flexibility index (Phi) is 14.0. The van der Waals surface area contributed by atoms with Gasteiger partial charge in [-0.25, -0.2) is 0 Å². The van der Waals surface area contributed by atoms with Crippen LogP contribution >= 0.6 is 0 Å². The number of phenols is 2. The zero-order chi connectivity index (χ0) is 31.9. The number of para-hydroxylation sites is 1. The number of nitrogens with zero attached hydrogens (tertiary/aromatic N) is 4. The van der Waals surface area contributed by atoms with Gasteiger partial charge in [-0.15, -0.1) is 0 Å². The van der Waals surface area contributed by atoms with Crippen molar-refractivity contribution in [3.63, 3.8) is 0 Å². The van der Waals surface area contributed by atoms with Crippen LogP contribution in [0.15, 0.2) is 96.2 Å². The van der Waals surface area contributed by atoms with E-state index in [2.05, 4.69) is 9.97 Å². The van der Waals surface area contributed by atoms with Gasteiger partial charge in [-0.2, -0.15) is 8.42 Å². The molecule has 0 bridgehead atoms. The van der Waals surface area contributed by atoms with Crippen LogP contribution in [-0.2, 0) is 36.8 Å². The molecular weight excluding hydrogens is 659 g/mol. The number of hydrogen-bond donors (Lipinski definition) is 4. The van der Waals surface area contributed by atoms with Gasteiger partial charge < -0.3 is 20.8 Å². The summed E-state index contributed by atoms with van der Waals surface area (Å²) in [4.78, 5) is 36.3. The zero-order valence-electron chi connectivity index (χ0n) is 24.6. The number of carbonyl (C=O) groups excluding carboxylic acids is 1. The van der Waals surface area contributed by atoms with E-state index in [9.17, 15) is 37.9 Å². The smallest absolute Gasteiger partial charge is 0.508 e. The maximum atomic E-state index is 12.5. The minimum absolute atomic E-state index is 0. The molecule has 0 saturated heterocycles. The van der Waals surface area contributed by atoms with Gasteiger partial charge in [0.2, 0.25) is 0 Å². The molecule has 46 heavy (non-hydrogen) atoms. The SMILES string of the molecule is CC(=O)CN(CCN(CC(=O)O)C(c1ccccn1)c1cc(S(=O)(=O)O)ccc1O)[C@H](c1ccccn1)c1ccccc1O.O.[Mn+2]. The average Bonchev–Trinajstić information content (AvgIpc) is 2.98. The Morgan fingerprint density at radius 1 is 0.761 bits per heavy atom. The summed E-state index contributed by atoms with van der Waals surface area (Å²) in [6, 6.07) is 18.3. The predicted molar refractivity (Wildman–Crippen MR) is 163 cm³/mol. The predicted octanol–water partition coefficient (Wildman–Crippen LogP) is 2.46. The van der Waals surface area contributed by atoms with Crippen molar-refractivity contribution in [1.29, 1.82) is 0 Å². The molecule has 4 aromatic rings. The molecule has 0 aliphatic rings. The molecule has 0 spiro atoms. The number of carboxylic acid groups (broad SMARTS) is 1. The second kappa shape index (κ2) is 16.9. The van der Waals surface area contributed by atoms with Gasteiger partial charge in [-0.05, 0) is 55.5 Å². The summed E-state index contributed by atoms with van der Waals surface area (Å²) in [6.45, 7) is 0.833. The van der Waals surface area contributed by atoms with Crippen molar-refractivity contribution in [2.45, 2.75) is 23.9 Å². The van der Waals surface area contributed by atoms with Crippen molar-refractivity contribution in [3.8, 4) is 11.5 Å². The van der Waals surface area contributed by atoms with Gasteiger partial charge >= 0.3 is 23.0 Å². The Labute approximate surface area is 276 Å². The van der Waals surface area contributed by atoms with Gasteiger partial charge in [0.05, 0.1) is 41.5 Å². The molecule has 4 rings (SSSR count). The van der Waals surface area contributed by atoms with Gasteiger partial charge in [0.1, 0.15) is 17.3 Å². The summed E-state index contributed by atoms with van der Waals surface area (Å²) >= 11 is 0. The first-order valence-corrected chi connectivity index (χ1v) is 15.0. The van der Waals surface area contributed by atoms with E-state index < -0.39 is 39.6 Å². The fraction of sp³-hybridized carbons (Fsp3) is 0.226. The number of carbonyl (C=O) groups is 2. The molecule has 15 heteroatoms. The summed E-state index contributed by atoms with van der Waals surface area (Å²) in [5.41, 5.74) is 1.33. The number of aliphatic carboxylic acids is 1. The van der Waals surface area contributed by atoms with E-state index in [1.165, 1.54) is 24.1 Å². The minimum atomic E-state index is -4.67. The molecule has 0 aliphatic heterocycles. The van der Waals surface area contributed by atoms with E-state index in [1.807, 2.05) is 0 Å². The van der Waals surface area contributed by atoms with Gasteiger partial charge in [-0.1, -0.05) is 30.3 Å². The molecule has 2 heterocycles. The van der Waals surface area contributed by atoms with Crippen molar-refractivity contribution < 1.29 is 60.4 Å². The van der Waals surface area contributed by atoms with Crippen LogP contribution in [0.4, 0.5) is 0 Å². The number of aromatic hydroxyl groups is 2. The number of aromatic nitrogens is 2. The van der Waals surface area contributed by atoms with E-state index in [1.54, 1.807) is 65.7 Å². The maximum Gasteiger partial charge on any atom is 2.00 e. The summed E-state index contributed by atoms with van der Waals surface area (Å²) in [6.07, 6.45) is 3.06. The van der Waals surface area contributed by atoms with E-state index in [-0.39, 0.29) is 65.0 Å².